The second-order valence-electron chi connectivity index (χ2n) is 4.41. The standard InChI is InChI=1S/C15H14ClFN2O/c1-9-2-4-12(17)6-10(9)8-20-14-7-11(16)3-5-13(14)15(18)19/h2-7H,8H2,1H3,(H3,18,19). The van der Waals surface area contributed by atoms with Crippen LogP contribution in [0, 0.1) is 18.2 Å². The van der Waals surface area contributed by atoms with Crippen LogP contribution in [0.5, 0.6) is 5.75 Å². The summed E-state index contributed by atoms with van der Waals surface area (Å²) >= 11 is 5.91. The van der Waals surface area contributed by atoms with Crippen molar-refractivity contribution in [3.8, 4) is 5.75 Å². The zero-order valence-corrected chi connectivity index (χ0v) is 11.7. The van der Waals surface area contributed by atoms with E-state index in [0.717, 1.165) is 11.1 Å². The molecule has 0 unspecified atom stereocenters. The lowest BCUT2D eigenvalue weighted by molar-refractivity contribution is 0.304. The molecule has 3 nitrogen and oxygen atoms in total. The van der Waals surface area contributed by atoms with Crippen LogP contribution >= 0.6 is 11.6 Å². The van der Waals surface area contributed by atoms with E-state index in [1.54, 1.807) is 24.3 Å². The highest BCUT2D eigenvalue weighted by atomic mass is 35.5. The number of hydrogen-bond acceptors (Lipinski definition) is 2. The molecule has 0 spiro atoms. The number of rotatable bonds is 4. The van der Waals surface area contributed by atoms with Crippen LogP contribution in [0.15, 0.2) is 36.4 Å². The molecule has 0 amide bonds. The first-order valence-corrected chi connectivity index (χ1v) is 6.37. The molecule has 0 saturated heterocycles. The first-order chi connectivity index (χ1) is 9.47. The van der Waals surface area contributed by atoms with Crippen molar-refractivity contribution in [1.82, 2.24) is 0 Å². The van der Waals surface area contributed by atoms with Gasteiger partial charge in [0.15, 0.2) is 0 Å². The summed E-state index contributed by atoms with van der Waals surface area (Å²) in [5.41, 5.74) is 7.61. The van der Waals surface area contributed by atoms with E-state index in [9.17, 15) is 4.39 Å². The predicted octanol–water partition coefficient (Wildman–Crippen LogP) is 3.65. The van der Waals surface area contributed by atoms with Gasteiger partial charge in [0.25, 0.3) is 0 Å². The summed E-state index contributed by atoms with van der Waals surface area (Å²) in [6.45, 7) is 2.06. The minimum Gasteiger partial charge on any atom is -0.488 e. The Labute approximate surface area is 121 Å². The van der Waals surface area contributed by atoms with Crippen molar-refractivity contribution in [1.29, 1.82) is 5.41 Å². The van der Waals surface area contributed by atoms with E-state index in [1.165, 1.54) is 12.1 Å². The van der Waals surface area contributed by atoms with Gasteiger partial charge in [0.05, 0.1) is 5.56 Å². The molecule has 0 heterocycles. The number of ether oxygens (including phenoxy) is 1. The molecular weight excluding hydrogens is 279 g/mol. The summed E-state index contributed by atoms with van der Waals surface area (Å²) in [4.78, 5) is 0. The monoisotopic (exact) mass is 292 g/mol. The summed E-state index contributed by atoms with van der Waals surface area (Å²) in [7, 11) is 0. The SMILES string of the molecule is Cc1ccc(F)cc1COc1cc(Cl)ccc1C(=N)N. The van der Waals surface area contributed by atoms with Crippen molar-refractivity contribution >= 4 is 17.4 Å². The molecule has 2 aromatic rings. The third-order valence-electron chi connectivity index (χ3n) is 2.93. The lowest BCUT2D eigenvalue weighted by Gasteiger charge is -2.12. The average Bonchev–Trinajstić information content (AvgIpc) is 2.39. The number of aryl methyl sites for hydroxylation is 1. The van der Waals surface area contributed by atoms with Gasteiger partial charge in [0.1, 0.15) is 24.0 Å². The van der Waals surface area contributed by atoms with Crippen molar-refractivity contribution in [2.24, 2.45) is 5.73 Å². The third kappa shape index (κ3) is 3.27. The number of nitrogens with two attached hydrogens (primary N) is 1. The van der Waals surface area contributed by atoms with Gasteiger partial charge in [-0.25, -0.2) is 4.39 Å². The molecule has 104 valence electrons. The normalized spacial score (nSPS) is 10.3. The van der Waals surface area contributed by atoms with Gasteiger partial charge in [-0.3, -0.25) is 5.41 Å². The predicted molar refractivity (Wildman–Crippen MR) is 77.9 cm³/mol. The van der Waals surface area contributed by atoms with E-state index in [-0.39, 0.29) is 18.3 Å². The van der Waals surface area contributed by atoms with Crippen LogP contribution in [0.25, 0.3) is 0 Å². The number of halogens is 2. The van der Waals surface area contributed by atoms with Gasteiger partial charge in [0, 0.05) is 5.02 Å². The fraction of sp³-hybridized carbons (Fsp3) is 0.133. The minimum absolute atomic E-state index is 0.104. The summed E-state index contributed by atoms with van der Waals surface area (Å²) in [5.74, 6) is -0.00613. The van der Waals surface area contributed by atoms with Crippen molar-refractivity contribution in [2.75, 3.05) is 0 Å². The van der Waals surface area contributed by atoms with Crippen LogP contribution in [0.4, 0.5) is 4.39 Å². The van der Waals surface area contributed by atoms with Crippen LogP contribution in [0.1, 0.15) is 16.7 Å². The van der Waals surface area contributed by atoms with Gasteiger partial charge >= 0.3 is 0 Å². The van der Waals surface area contributed by atoms with E-state index in [4.69, 9.17) is 27.5 Å². The Bertz CT molecular complexity index is 658. The fourth-order valence-electron chi connectivity index (χ4n) is 1.79. The number of amidine groups is 1. The largest absolute Gasteiger partial charge is 0.488 e. The van der Waals surface area contributed by atoms with E-state index in [2.05, 4.69) is 0 Å². The fourth-order valence-corrected chi connectivity index (χ4v) is 1.95. The Hall–Kier alpha value is -2.07. The van der Waals surface area contributed by atoms with Gasteiger partial charge < -0.3 is 10.5 Å². The highest BCUT2D eigenvalue weighted by Gasteiger charge is 2.09. The Kier molecular flexibility index (Phi) is 4.25. The summed E-state index contributed by atoms with van der Waals surface area (Å²) in [5, 5.41) is 7.99. The first kappa shape index (κ1) is 14.3. The molecule has 20 heavy (non-hydrogen) atoms. The van der Waals surface area contributed by atoms with Crippen LogP contribution in [0.2, 0.25) is 5.02 Å². The van der Waals surface area contributed by atoms with Gasteiger partial charge in [0.2, 0.25) is 0 Å². The summed E-state index contributed by atoms with van der Waals surface area (Å²) < 4.78 is 18.8. The molecule has 0 aliphatic carbocycles. The van der Waals surface area contributed by atoms with Crippen molar-refractivity contribution in [2.45, 2.75) is 13.5 Å². The average molecular weight is 293 g/mol. The molecule has 2 aromatic carbocycles. The second-order valence-corrected chi connectivity index (χ2v) is 4.85. The van der Waals surface area contributed by atoms with Gasteiger partial charge in [-0.05, 0) is 48.4 Å². The van der Waals surface area contributed by atoms with Gasteiger partial charge in [-0.1, -0.05) is 17.7 Å². The van der Waals surface area contributed by atoms with Crippen molar-refractivity contribution in [3.63, 3.8) is 0 Å². The molecule has 0 radical (unpaired) electrons. The highest BCUT2D eigenvalue weighted by molar-refractivity contribution is 6.30. The van der Waals surface area contributed by atoms with E-state index in [1.807, 2.05) is 6.92 Å². The Morgan fingerprint density at radius 2 is 2.05 bits per heavy atom. The van der Waals surface area contributed by atoms with Crippen molar-refractivity contribution < 1.29 is 9.13 Å². The van der Waals surface area contributed by atoms with Crippen molar-refractivity contribution in [3.05, 3.63) is 63.9 Å². The molecule has 0 atom stereocenters. The topological polar surface area (TPSA) is 59.1 Å². The zero-order chi connectivity index (χ0) is 14.7. The number of nitrogens with one attached hydrogen (secondary N) is 1. The smallest absolute Gasteiger partial charge is 0.132 e. The molecule has 2 rings (SSSR count). The molecule has 0 aromatic heterocycles. The molecule has 5 heteroatoms. The maximum Gasteiger partial charge on any atom is 0.132 e. The Morgan fingerprint density at radius 3 is 2.75 bits per heavy atom. The van der Waals surface area contributed by atoms with Crippen LogP contribution in [0.3, 0.4) is 0 Å². The number of benzene rings is 2. The lowest BCUT2D eigenvalue weighted by atomic mass is 10.1. The molecule has 0 saturated carbocycles. The number of nitrogen functional groups attached to an aromatic ring is 1. The van der Waals surface area contributed by atoms with Crippen LogP contribution < -0.4 is 10.5 Å². The molecule has 0 aliphatic heterocycles. The first-order valence-electron chi connectivity index (χ1n) is 5.99. The number of hydrogen-bond donors (Lipinski definition) is 2. The van der Waals surface area contributed by atoms with E-state index >= 15 is 0 Å². The van der Waals surface area contributed by atoms with Gasteiger partial charge in [-0.2, -0.15) is 0 Å². The van der Waals surface area contributed by atoms with Gasteiger partial charge in [-0.15, -0.1) is 0 Å². The lowest BCUT2D eigenvalue weighted by Crippen LogP contribution is -2.13. The second kappa shape index (κ2) is 5.92. The molecule has 3 N–H and O–H groups in total. The van der Waals surface area contributed by atoms with E-state index in [0.29, 0.717) is 16.3 Å². The quantitative estimate of drug-likeness (QED) is 0.667. The van der Waals surface area contributed by atoms with E-state index < -0.39 is 0 Å². The zero-order valence-electron chi connectivity index (χ0n) is 10.9. The highest BCUT2D eigenvalue weighted by Crippen LogP contribution is 2.24. The maximum atomic E-state index is 13.2. The molecule has 0 fully saturated rings. The Morgan fingerprint density at radius 1 is 1.30 bits per heavy atom. The maximum absolute atomic E-state index is 13.2. The molecular formula is C15H14ClFN2O. The summed E-state index contributed by atoms with van der Waals surface area (Å²) in [6.07, 6.45) is 0. The Balaban J connectivity index is 2.24. The molecule has 0 bridgehead atoms. The third-order valence-corrected chi connectivity index (χ3v) is 3.16. The molecule has 0 aliphatic rings. The van der Waals surface area contributed by atoms with Crippen LogP contribution in [-0.2, 0) is 6.61 Å². The summed E-state index contributed by atoms with van der Waals surface area (Å²) in [6, 6.07) is 9.37. The van der Waals surface area contributed by atoms with Crippen LogP contribution in [-0.4, -0.2) is 5.84 Å². The minimum atomic E-state index is -0.313.